The minimum Gasteiger partial charge on any atom is -0.336 e. The normalized spacial score (nSPS) is 10.8. The largest absolute Gasteiger partial charge is 0.336 e. The van der Waals surface area contributed by atoms with Gasteiger partial charge in [0.2, 0.25) is 11.8 Å². The van der Waals surface area contributed by atoms with Crippen LogP contribution in [0.3, 0.4) is 0 Å². The van der Waals surface area contributed by atoms with Crippen molar-refractivity contribution in [3.8, 4) is 5.69 Å². The van der Waals surface area contributed by atoms with Crippen molar-refractivity contribution < 1.29 is 9.59 Å². The van der Waals surface area contributed by atoms with Crippen LogP contribution in [0.25, 0.3) is 16.7 Å². The van der Waals surface area contributed by atoms with Crippen molar-refractivity contribution in [1.82, 2.24) is 24.6 Å². The summed E-state index contributed by atoms with van der Waals surface area (Å²) in [4.78, 5) is 34.8. The molecule has 0 bridgehead atoms. The highest BCUT2D eigenvalue weighted by Gasteiger charge is 2.17. The summed E-state index contributed by atoms with van der Waals surface area (Å²) >= 11 is 7.34. The first-order chi connectivity index (χ1) is 15.5. The zero-order chi connectivity index (χ0) is 22.5. The molecule has 10 heteroatoms. The number of nitrogens with zero attached hydrogens (tertiary/aromatic N) is 5. The van der Waals surface area contributed by atoms with Crippen molar-refractivity contribution in [3.05, 3.63) is 72.1 Å². The van der Waals surface area contributed by atoms with Crippen molar-refractivity contribution >= 4 is 51.9 Å². The molecule has 0 atom stereocenters. The lowest BCUT2D eigenvalue weighted by Crippen LogP contribution is -2.36. The Hall–Kier alpha value is -3.43. The molecule has 2 amide bonds. The number of aromatic nitrogens is 4. The molecule has 0 unspecified atom stereocenters. The summed E-state index contributed by atoms with van der Waals surface area (Å²) in [7, 11) is 1.58. The van der Waals surface area contributed by atoms with Gasteiger partial charge < -0.3 is 10.2 Å². The average Bonchev–Trinajstić information content (AvgIpc) is 3.24. The Morgan fingerprint density at radius 1 is 1.09 bits per heavy atom. The number of halogens is 1. The van der Waals surface area contributed by atoms with Crippen LogP contribution < -0.4 is 5.32 Å². The molecule has 8 nitrogen and oxygen atoms in total. The number of para-hydroxylation sites is 2. The van der Waals surface area contributed by atoms with Crippen LogP contribution in [0.2, 0.25) is 5.02 Å². The average molecular weight is 467 g/mol. The molecule has 1 N–H and O–H groups in total. The first-order valence-corrected chi connectivity index (χ1v) is 11.0. The third-order valence-electron chi connectivity index (χ3n) is 4.62. The summed E-state index contributed by atoms with van der Waals surface area (Å²) in [5, 5.41) is 8.97. The van der Waals surface area contributed by atoms with Crippen LogP contribution in [0.15, 0.2) is 72.1 Å². The summed E-state index contributed by atoms with van der Waals surface area (Å²) in [5.41, 5.74) is 2.05. The maximum atomic E-state index is 12.6. The van der Waals surface area contributed by atoms with E-state index >= 15 is 0 Å². The highest BCUT2D eigenvalue weighted by molar-refractivity contribution is 8.00. The quantitative estimate of drug-likeness (QED) is 0.330. The lowest BCUT2D eigenvalue weighted by atomic mass is 10.3. The predicted octanol–water partition coefficient (Wildman–Crippen LogP) is 3.66. The molecule has 0 aliphatic heterocycles. The maximum Gasteiger partial charge on any atom is 0.244 e. The number of carbonyl (C=O) groups excluding carboxylic acids is 2. The van der Waals surface area contributed by atoms with Crippen LogP contribution in [-0.4, -0.2) is 55.8 Å². The Balaban J connectivity index is 1.39. The fourth-order valence-corrected chi connectivity index (χ4v) is 4.08. The molecule has 4 rings (SSSR count). The summed E-state index contributed by atoms with van der Waals surface area (Å²) in [6.07, 6.45) is 3.15. The third kappa shape index (κ3) is 4.90. The second-order valence-corrected chi connectivity index (χ2v) is 8.25. The second kappa shape index (κ2) is 9.80. The highest BCUT2D eigenvalue weighted by atomic mass is 35.5. The van der Waals surface area contributed by atoms with Crippen LogP contribution >= 0.6 is 23.4 Å². The lowest BCUT2D eigenvalue weighted by Gasteiger charge is -2.17. The van der Waals surface area contributed by atoms with E-state index in [4.69, 9.17) is 11.6 Å². The second-order valence-electron chi connectivity index (χ2n) is 6.87. The van der Waals surface area contributed by atoms with Gasteiger partial charge in [-0.25, -0.2) is 14.6 Å². The number of anilines is 1. The van der Waals surface area contributed by atoms with Crippen LogP contribution in [-0.2, 0) is 9.59 Å². The molecular weight excluding hydrogens is 448 g/mol. The van der Waals surface area contributed by atoms with E-state index in [9.17, 15) is 9.59 Å². The Kier molecular flexibility index (Phi) is 6.67. The number of rotatable bonds is 7. The molecule has 2 heterocycles. The van der Waals surface area contributed by atoms with E-state index in [1.165, 1.54) is 23.0 Å². The number of hydrogen-bond donors (Lipinski definition) is 1. The van der Waals surface area contributed by atoms with E-state index in [0.717, 1.165) is 11.1 Å². The van der Waals surface area contributed by atoms with Gasteiger partial charge in [0.1, 0.15) is 11.4 Å². The van der Waals surface area contributed by atoms with Gasteiger partial charge in [0.05, 0.1) is 40.3 Å². The highest BCUT2D eigenvalue weighted by Crippen LogP contribution is 2.26. The van der Waals surface area contributed by atoms with Crippen LogP contribution in [0.1, 0.15) is 0 Å². The summed E-state index contributed by atoms with van der Waals surface area (Å²) in [5.74, 6) is -0.405. The third-order valence-corrected chi connectivity index (χ3v) is 5.94. The summed E-state index contributed by atoms with van der Waals surface area (Å²) in [6.45, 7) is -0.0876. The van der Waals surface area contributed by atoms with Crippen molar-refractivity contribution in [2.45, 2.75) is 5.03 Å². The molecular formula is C22H19ClN6O2S. The van der Waals surface area contributed by atoms with E-state index in [2.05, 4.69) is 20.4 Å². The SMILES string of the molecule is CN(CC(=O)Nc1ccccc1Cl)C(=O)CSc1ncnc2c1cnn2-c1ccccc1. The Labute approximate surface area is 193 Å². The molecule has 2 aromatic carbocycles. The van der Waals surface area contributed by atoms with Gasteiger partial charge in [-0.3, -0.25) is 9.59 Å². The number of nitrogens with one attached hydrogen (secondary N) is 1. The number of carbonyl (C=O) groups is 2. The van der Waals surface area contributed by atoms with Crippen molar-refractivity contribution in [2.75, 3.05) is 24.7 Å². The van der Waals surface area contributed by atoms with E-state index in [0.29, 0.717) is 21.4 Å². The molecule has 32 heavy (non-hydrogen) atoms. The first-order valence-electron chi connectivity index (χ1n) is 9.68. The number of hydrogen-bond acceptors (Lipinski definition) is 6. The van der Waals surface area contributed by atoms with Gasteiger partial charge in [0.15, 0.2) is 5.65 Å². The van der Waals surface area contributed by atoms with Gasteiger partial charge >= 0.3 is 0 Å². The number of thioether (sulfide) groups is 1. The van der Waals surface area contributed by atoms with Gasteiger partial charge in [-0.05, 0) is 24.3 Å². The fourth-order valence-electron chi connectivity index (χ4n) is 2.99. The van der Waals surface area contributed by atoms with Gasteiger partial charge in [-0.15, -0.1) is 0 Å². The maximum absolute atomic E-state index is 12.6. The number of fused-ring (bicyclic) bond motifs is 1. The fraction of sp³-hybridized carbons (Fsp3) is 0.136. The minimum atomic E-state index is -0.326. The molecule has 0 aliphatic rings. The molecule has 162 valence electrons. The van der Waals surface area contributed by atoms with Gasteiger partial charge in [0.25, 0.3) is 0 Å². The predicted molar refractivity (Wildman–Crippen MR) is 125 cm³/mol. The van der Waals surface area contributed by atoms with E-state index in [1.54, 1.807) is 42.2 Å². The van der Waals surface area contributed by atoms with E-state index in [1.807, 2.05) is 30.3 Å². The van der Waals surface area contributed by atoms with Crippen LogP contribution in [0.5, 0.6) is 0 Å². The Morgan fingerprint density at radius 2 is 1.84 bits per heavy atom. The van der Waals surface area contributed by atoms with Crippen LogP contribution in [0, 0.1) is 0 Å². The van der Waals surface area contributed by atoms with E-state index in [-0.39, 0.29) is 24.1 Å². The molecule has 0 saturated carbocycles. The Morgan fingerprint density at radius 3 is 2.62 bits per heavy atom. The lowest BCUT2D eigenvalue weighted by molar-refractivity contribution is -0.131. The minimum absolute atomic E-state index is 0.0876. The zero-order valence-electron chi connectivity index (χ0n) is 17.1. The standard InChI is InChI=1S/C22H19ClN6O2S/c1-28(12-19(30)27-18-10-6-5-9-17(18)23)20(31)13-32-22-16-11-26-29(21(16)24-14-25-22)15-7-3-2-4-8-15/h2-11,14H,12-13H2,1H3,(H,27,30). The van der Waals surface area contributed by atoms with Crippen molar-refractivity contribution in [2.24, 2.45) is 0 Å². The number of benzene rings is 2. The van der Waals surface area contributed by atoms with Gasteiger partial charge in [-0.1, -0.05) is 53.7 Å². The topological polar surface area (TPSA) is 93.0 Å². The zero-order valence-corrected chi connectivity index (χ0v) is 18.7. The van der Waals surface area contributed by atoms with E-state index < -0.39 is 0 Å². The molecule has 0 radical (unpaired) electrons. The van der Waals surface area contributed by atoms with Gasteiger partial charge in [-0.2, -0.15) is 5.10 Å². The molecule has 0 aliphatic carbocycles. The summed E-state index contributed by atoms with van der Waals surface area (Å²) < 4.78 is 1.73. The first kappa shape index (κ1) is 21.8. The van der Waals surface area contributed by atoms with Gasteiger partial charge in [0, 0.05) is 7.05 Å². The molecule has 0 spiro atoms. The monoisotopic (exact) mass is 466 g/mol. The molecule has 2 aromatic heterocycles. The van der Waals surface area contributed by atoms with Crippen molar-refractivity contribution in [1.29, 1.82) is 0 Å². The Bertz CT molecular complexity index is 1260. The molecule has 4 aromatic rings. The number of likely N-dealkylation sites (N-methyl/N-ethyl adjacent to an activating group) is 1. The van der Waals surface area contributed by atoms with Crippen molar-refractivity contribution in [3.63, 3.8) is 0 Å². The smallest absolute Gasteiger partial charge is 0.244 e. The van der Waals surface area contributed by atoms with Crippen LogP contribution in [0.4, 0.5) is 5.69 Å². The molecule has 0 fully saturated rings. The molecule has 0 saturated heterocycles. The number of amides is 2. The summed E-state index contributed by atoms with van der Waals surface area (Å²) in [6, 6.07) is 16.6.